The summed E-state index contributed by atoms with van der Waals surface area (Å²) < 4.78 is 0. The summed E-state index contributed by atoms with van der Waals surface area (Å²) in [7, 11) is 2.04. The second-order valence-corrected chi connectivity index (χ2v) is 7.20. The third-order valence-electron chi connectivity index (χ3n) is 4.89. The van der Waals surface area contributed by atoms with Crippen LogP contribution in [0.25, 0.3) is 0 Å². The van der Waals surface area contributed by atoms with Crippen molar-refractivity contribution in [3.05, 3.63) is 45.9 Å². The summed E-state index contributed by atoms with van der Waals surface area (Å²) in [4.78, 5) is 7.35. The molecule has 4 rings (SSSR count). The Balaban J connectivity index is 1.65. The summed E-state index contributed by atoms with van der Waals surface area (Å²) in [5, 5.41) is 7.80. The van der Waals surface area contributed by atoms with Crippen LogP contribution in [0.15, 0.2) is 29.1 Å². The average Bonchev–Trinajstić information content (AvgIpc) is 3.09. The van der Waals surface area contributed by atoms with Crippen molar-refractivity contribution < 1.29 is 0 Å². The number of nitrogens with one attached hydrogen (secondary N) is 1. The molecule has 0 spiro atoms. The van der Waals surface area contributed by atoms with Gasteiger partial charge in [0.05, 0.1) is 17.4 Å². The molecular formula is C18H23N3S. The number of nitrogens with zero attached hydrogens (tertiary/aromatic N) is 2. The Hall–Kier alpha value is -1.39. The molecule has 1 atom stereocenters. The maximum Gasteiger partial charge on any atom is 0.0654 e. The highest BCUT2D eigenvalue weighted by Crippen LogP contribution is 2.43. The molecular weight excluding hydrogens is 290 g/mol. The van der Waals surface area contributed by atoms with E-state index in [4.69, 9.17) is 4.98 Å². The smallest absolute Gasteiger partial charge is 0.0654 e. The highest BCUT2D eigenvalue weighted by molar-refractivity contribution is 7.08. The molecule has 116 valence electrons. The number of aromatic nitrogens is 1. The van der Waals surface area contributed by atoms with E-state index in [0.717, 1.165) is 31.8 Å². The summed E-state index contributed by atoms with van der Waals surface area (Å²) in [5.41, 5.74) is 5.57. The van der Waals surface area contributed by atoms with Crippen LogP contribution in [0.3, 0.4) is 0 Å². The van der Waals surface area contributed by atoms with Crippen molar-refractivity contribution in [3.8, 4) is 0 Å². The highest BCUT2D eigenvalue weighted by atomic mass is 32.1. The fourth-order valence-corrected chi connectivity index (χ4v) is 4.20. The van der Waals surface area contributed by atoms with Gasteiger partial charge in [-0.1, -0.05) is 0 Å². The van der Waals surface area contributed by atoms with Gasteiger partial charge in [-0.2, -0.15) is 11.3 Å². The Morgan fingerprint density at radius 1 is 1.45 bits per heavy atom. The van der Waals surface area contributed by atoms with Crippen molar-refractivity contribution >= 4 is 17.0 Å². The first-order valence-electron chi connectivity index (χ1n) is 8.29. The molecule has 4 heteroatoms. The van der Waals surface area contributed by atoms with Crippen LogP contribution in [-0.2, 0) is 6.42 Å². The van der Waals surface area contributed by atoms with Crippen LogP contribution in [0.4, 0.5) is 5.69 Å². The topological polar surface area (TPSA) is 28.2 Å². The summed E-state index contributed by atoms with van der Waals surface area (Å²) in [6, 6.07) is 5.17. The number of hydrogen-bond acceptors (Lipinski definition) is 4. The van der Waals surface area contributed by atoms with E-state index >= 15 is 0 Å². The Labute approximate surface area is 136 Å². The minimum Gasteiger partial charge on any atom is -0.363 e. The number of thiophene rings is 1. The average molecular weight is 313 g/mol. The molecule has 0 saturated heterocycles. The Morgan fingerprint density at radius 2 is 2.36 bits per heavy atom. The third kappa shape index (κ3) is 2.66. The summed E-state index contributed by atoms with van der Waals surface area (Å²) in [5.74, 6) is 0.775. The van der Waals surface area contributed by atoms with Gasteiger partial charge in [0.15, 0.2) is 0 Å². The minimum atomic E-state index is 0.469. The van der Waals surface area contributed by atoms with E-state index in [0.29, 0.717) is 6.04 Å². The van der Waals surface area contributed by atoms with Crippen molar-refractivity contribution in [1.29, 1.82) is 0 Å². The first-order chi connectivity index (χ1) is 10.9. The largest absolute Gasteiger partial charge is 0.363 e. The normalized spacial score (nSPS) is 18.5. The molecule has 1 saturated carbocycles. The monoisotopic (exact) mass is 313 g/mol. The van der Waals surface area contributed by atoms with E-state index in [2.05, 4.69) is 39.3 Å². The van der Waals surface area contributed by atoms with Crippen LogP contribution in [0.1, 0.15) is 48.0 Å². The molecule has 1 N–H and O–H groups in total. The van der Waals surface area contributed by atoms with Crippen molar-refractivity contribution in [2.75, 3.05) is 25.0 Å². The second-order valence-electron chi connectivity index (χ2n) is 6.42. The molecule has 0 amide bonds. The van der Waals surface area contributed by atoms with Crippen LogP contribution in [-0.4, -0.2) is 25.1 Å². The van der Waals surface area contributed by atoms with Gasteiger partial charge >= 0.3 is 0 Å². The predicted octanol–water partition coefficient (Wildman–Crippen LogP) is 3.73. The highest BCUT2D eigenvalue weighted by Gasteiger charge is 2.31. The van der Waals surface area contributed by atoms with Crippen LogP contribution < -0.4 is 10.2 Å². The molecule has 3 nitrogen and oxygen atoms in total. The molecule has 0 radical (unpaired) electrons. The SMILES string of the molecule is CNCCC(c1ccsc1)N1CCc2ncc(C3CC3)cc21. The first-order valence-corrected chi connectivity index (χ1v) is 9.23. The molecule has 22 heavy (non-hydrogen) atoms. The molecule has 2 aromatic rings. The summed E-state index contributed by atoms with van der Waals surface area (Å²) in [6.45, 7) is 2.14. The first kappa shape index (κ1) is 14.2. The van der Waals surface area contributed by atoms with Gasteiger partial charge in [0, 0.05) is 19.2 Å². The predicted molar refractivity (Wildman–Crippen MR) is 92.9 cm³/mol. The van der Waals surface area contributed by atoms with Crippen molar-refractivity contribution in [2.24, 2.45) is 0 Å². The summed E-state index contributed by atoms with van der Waals surface area (Å²) in [6.07, 6.45) is 7.02. The number of rotatable bonds is 6. The van der Waals surface area contributed by atoms with E-state index in [1.807, 2.05) is 7.05 Å². The molecule has 1 aliphatic carbocycles. The lowest BCUT2D eigenvalue weighted by molar-refractivity contribution is 0.570. The van der Waals surface area contributed by atoms with Gasteiger partial charge < -0.3 is 10.2 Å². The van der Waals surface area contributed by atoms with E-state index < -0.39 is 0 Å². The van der Waals surface area contributed by atoms with Crippen LogP contribution in [0.5, 0.6) is 0 Å². The van der Waals surface area contributed by atoms with Crippen LogP contribution in [0, 0.1) is 0 Å². The van der Waals surface area contributed by atoms with Gasteiger partial charge in [0.25, 0.3) is 0 Å². The Bertz CT molecular complexity index is 634. The number of anilines is 1. The number of hydrogen-bond donors (Lipinski definition) is 1. The second kappa shape index (κ2) is 6.01. The van der Waals surface area contributed by atoms with Crippen LogP contribution in [0.2, 0.25) is 0 Å². The van der Waals surface area contributed by atoms with E-state index in [-0.39, 0.29) is 0 Å². The standard InChI is InChI=1S/C18H23N3S/c1-19-7-4-17(14-6-9-22-12-14)21-8-5-16-18(21)10-15(11-20-16)13-2-3-13/h6,9-13,17,19H,2-5,7-8H2,1H3. The van der Waals surface area contributed by atoms with Crippen molar-refractivity contribution in [1.82, 2.24) is 10.3 Å². The molecule has 3 heterocycles. The maximum atomic E-state index is 4.76. The lowest BCUT2D eigenvalue weighted by Crippen LogP contribution is -2.29. The molecule has 0 aromatic carbocycles. The fraction of sp³-hybridized carbons (Fsp3) is 0.500. The van der Waals surface area contributed by atoms with Gasteiger partial charge in [-0.05, 0) is 72.8 Å². The van der Waals surface area contributed by atoms with Gasteiger partial charge in [-0.3, -0.25) is 4.98 Å². The third-order valence-corrected chi connectivity index (χ3v) is 5.59. The zero-order chi connectivity index (χ0) is 14.9. The van der Waals surface area contributed by atoms with Gasteiger partial charge in [-0.25, -0.2) is 0 Å². The molecule has 1 aliphatic heterocycles. The van der Waals surface area contributed by atoms with Gasteiger partial charge in [0.1, 0.15) is 0 Å². The van der Waals surface area contributed by atoms with Crippen molar-refractivity contribution in [3.63, 3.8) is 0 Å². The minimum absolute atomic E-state index is 0.469. The zero-order valence-electron chi connectivity index (χ0n) is 13.1. The van der Waals surface area contributed by atoms with E-state index in [1.54, 1.807) is 11.3 Å². The fourth-order valence-electron chi connectivity index (χ4n) is 3.50. The molecule has 0 bridgehead atoms. The van der Waals surface area contributed by atoms with E-state index in [9.17, 15) is 0 Å². The van der Waals surface area contributed by atoms with Crippen molar-refractivity contribution in [2.45, 2.75) is 37.6 Å². The van der Waals surface area contributed by atoms with Crippen LogP contribution >= 0.6 is 11.3 Å². The molecule has 2 aromatic heterocycles. The summed E-state index contributed by atoms with van der Waals surface area (Å²) >= 11 is 1.80. The number of pyridine rings is 1. The van der Waals surface area contributed by atoms with Gasteiger partial charge in [-0.15, -0.1) is 0 Å². The molecule has 1 unspecified atom stereocenters. The zero-order valence-corrected chi connectivity index (χ0v) is 13.9. The number of fused-ring (bicyclic) bond motifs is 1. The Morgan fingerprint density at radius 3 is 3.09 bits per heavy atom. The lowest BCUT2D eigenvalue weighted by atomic mass is 10.0. The molecule has 2 aliphatic rings. The Kier molecular flexibility index (Phi) is 3.89. The lowest BCUT2D eigenvalue weighted by Gasteiger charge is -2.30. The maximum absolute atomic E-state index is 4.76. The quantitative estimate of drug-likeness (QED) is 0.880. The van der Waals surface area contributed by atoms with E-state index in [1.165, 1.54) is 35.3 Å². The molecule has 1 fully saturated rings. The van der Waals surface area contributed by atoms with Gasteiger partial charge in [0.2, 0.25) is 0 Å².